The normalized spacial score (nSPS) is 14.4. The van der Waals surface area contributed by atoms with Crippen molar-refractivity contribution in [2.45, 2.75) is 380 Å². The van der Waals surface area contributed by atoms with Crippen molar-refractivity contribution in [3.8, 4) is 0 Å². The van der Waals surface area contributed by atoms with Crippen LogP contribution < -0.4 is 0 Å². The van der Waals surface area contributed by atoms with Crippen molar-refractivity contribution in [1.82, 2.24) is 0 Å². The van der Waals surface area contributed by atoms with E-state index in [1.165, 1.54) is 180 Å². The SMILES string of the molecule is CCCCCCCCCCCCCCCCCCCCCCCC(=O)O[C@H](COC(=O)CCCCCCCCCCCCCCCCC(C)CC)COP(=O)(O)OC[C@@H](O)COP(=O)(O)OC[C@@H](COC(=O)CCCCCCC)OC(=O)CCCCCCC. The Morgan fingerprint density at radius 1 is 0.315 bits per heavy atom. The van der Waals surface area contributed by atoms with Gasteiger partial charge in [-0.3, -0.25) is 37.3 Å². The number of phosphoric acid groups is 2. The second kappa shape index (κ2) is 63.5. The average Bonchev–Trinajstić information content (AvgIpc) is 3.72. The Morgan fingerprint density at radius 3 is 0.798 bits per heavy atom. The Morgan fingerprint density at radius 2 is 0.539 bits per heavy atom. The summed E-state index contributed by atoms with van der Waals surface area (Å²) in [6.45, 7) is 7.11. The fraction of sp³-hybridized carbons (Fsp3) is 0.943. The van der Waals surface area contributed by atoms with Crippen LogP contribution in [0.2, 0.25) is 0 Å². The number of carbonyl (C=O) groups excluding carboxylic acids is 4. The standard InChI is InChI=1S/C70H136O17P2/c1-6-10-13-16-17-18-19-20-21-22-23-24-25-26-27-32-35-38-41-46-51-56-70(75)87-66(60-81-68(73)54-49-45-40-37-34-31-29-28-30-33-36-39-44-47-52-63(5)9-4)62-85-89(78,79)83-58-64(71)57-82-88(76,77)84-61-65(86-69(74)55-50-43-15-12-8-3)59-80-67(72)53-48-42-14-11-7-2/h63-66,71H,6-62H2,1-5H3,(H,76,77)(H,78,79)/t63?,64-,65+,66+/m0/s1. The van der Waals surface area contributed by atoms with Gasteiger partial charge in [-0.15, -0.1) is 0 Å². The van der Waals surface area contributed by atoms with Gasteiger partial charge >= 0.3 is 39.5 Å². The van der Waals surface area contributed by atoms with E-state index < -0.39 is 97.5 Å². The summed E-state index contributed by atoms with van der Waals surface area (Å²) in [6.07, 6.45) is 51.0. The molecule has 0 saturated heterocycles. The number of aliphatic hydroxyl groups excluding tert-OH is 1. The van der Waals surface area contributed by atoms with E-state index in [0.717, 1.165) is 102 Å². The molecule has 0 aliphatic rings. The van der Waals surface area contributed by atoms with Gasteiger partial charge in [0.05, 0.1) is 26.4 Å². The monoisotopic (exact) mass is 1310 g/mol. The molecule has 0 saturated carbocycles. The number of ether oxygens (including phenoxy) is 4. The van der Waals surface area contributed by atoms with E-state index in [9.17, 15) is 43.2 Å². The van der Waals surface area contributed by atoms with Gasteiger partial charge in [-0.05, 0) is 31.6 Å². The van der Waals surface area contributed by atoms with E-state index in [4.69, 9.17) is 37.0 Å². The van der Waals surface area contributed by atoms with Crippen LogP contribution in [0.15, 0.2) is 0 Å². The summed E-state index contributed by atoms with van der Waals surface area (Å²) in [4.78, 5) is 71.9. The molecule has 0 aromatic rings. The van der Waals surface area contributed by atoms with Gasteiger partial charge in [0.25, 0.3) is 0 Å². The largest absolute Gasteiger partial charge is 0.472 e. The molecule has 0 aromatic heterocycles. The number of hydrogen-bond acceptors (Lipinski definition) is 15. The molecule has 0 bridgehead atoms. The summed E-state index contributed by atoms with van der Waals surface area (Å²) in [6, 6.07) is 0. The van der Waals surface area contributed by atoms with Gasteiger partial charge in [0.15, 0.2) is 12.2 Å². The topological polar surface area (TPSA) is 237 Å². The van der Waals surface area contributed by atoms with Crippen LogP contribution in [-0.4, -0.2) is 96.7 Å². The second-order valence-electron chi connectivity index (χ2n) is 25.5. The molecule has 17 nitrogen and oxygen atoms in total. The average molecular weight is 1310 g/mol. The summed E-state index contributed by atoms with van der Waals surface area (Å²) >= 11 is 0. The summed E-state index contributed by atoms with van der Waals surface area (Å²) in [5.74, 6) is -1.30. The number of carbonyl (C=O) groups is 4. The smallest absolute Gasteiger partial charge is 0.462 e. The van der Waals surface area contributed by atoms with Crippen LogP contribution in [-0.2, 0) is 65.4 Å². The maximum atomic E-state index is 13.0. The van der Waals surface area contributed by atoms with Crippen LogP contribution in [0.5, 0.6) is 0 Å². The van der Waals surface area contributed by atoms with E-state index in [1.807, 2.05) is 0 Å². The van der Waals surface area contributed by atoms with Crippen LogP contribution in [0.3, 0.4) is 0 Å². The van der Waals surface area contributed by atoms with Gasteiger partial charge in [0.1, 0.15) is 19.3 Å². The molecule has 19 heteroatoms. The lowest BCUT2D eigenvalue weighted by atomic mass is 9.99. The van der Waals surface area contributed by atoms with Crippen LogP contribution >= 0.6 is 15.6 Å². The third-order valence-electron chi connectivity index (χ3n) is 16.6. The minimum atomic E-state index is -4.95. The minimum absolute atomic E-state index is 0.0991. The zero-order valence-corrected chi connectivity index (χ0v) is 59.4. The van der Waals surface area contributed by atoms with Gasteiger partial charge in [0, 0.05) is 25.7 Å². The van der Waals surface area contributed by atoms with Gasteiger partial charge < -0.3 is 33.8 Å². The molecule has 89 heavy (non-hydrogen) atoms. The highest BCUT2D eigenvalue weighted by molar-refractivity contribution is 7.47. The molecule has 0 spiro atoms. The van der Waals surface area contributed by atoms with E-state index in [0.29, 0.717) is 25.7 Å². The summed E-state index contributed by atoms with van der Waals surface area (Å²) in [7, 11) is -9.87. The van der Waals surface area contributed by atoms with Gasteiger partial charge in [-0.1, -0.05) is 311 Å². The molecule has 0 fully saturated rings. The Labute approximate surface area is 543 Å². The van der Waals surface area contributed by atoms with Crippen LogP contribution in [0, 0.1) is 5.92 Å². The lowest BCUT2D eigenvalue weighted by Gasteiger charge is -2.21. The quantitative estimate of drug-likeness (QED) is 0.0222. The highest BCUT2D eigenvalue weighted by atomic mass is 31.2. The molecule has 0 rings (SSSR count). The molecule has 3 unspecified atom stereocenters. The van der Waals surface area contributed by atoms with E-state index in [2.05, 4.69) is 34.6 Å². The zero-order valence-electron chi connectivity index (χ0n) is 57.6. The van der Waals surface area contributed by atoms with Crippen LogP contribution in [0.4, 0.5) is 0 Å². The maximum absolute atomic E-state index is 13.0. The fourth-order valence-corrected chi connectivity index (χ4v) is 12.2. The van der Waals surface area contributed by atoms with E-state index >= 15 is 0 Å². The Kier molecular flexibility index (Phi) is 62.1. The molecule has 0 radical (unpaired) electrons. The number of aliphatic hydroxyl groups is 1. The Bertz CT molecular complexity index is 1720. The zero-order chi connectivity index (χ0) is 65.6. The van der Waals surface area contributed by atoms with E-state index in [1.54, 1.807) is 0 Å². The third kappa shape index (κ3) is 63.2. The van der Waals surface area contributed by atoms with Gasteiger partial charge in [0.2, 0.25) is 0 Å². The molecular weight excluding hydrogens is 1170 g/mol. The molecule has 0 aliphatic carbocycles. The van der Waals surface area contributed by atoms with Crippen molar-refractivity contribution in [2.75, 3.05) is 39.6 Å². The summed E-state index contributed by atoms with van der Waals surface area (Å²) < 4.78 is 67.8. The molecular formula is C70H136O17P2. The molecule has 6 atom stereocenters. The Balaban J connectivity index is 5.04. The number of esters is 4. The predicted molar refractivity (Wildman–Crippen MR) is 358 cm³/mol. The van der Waals surface area contributed by atoms with Crippen molar-refractivity contribution >= 4 is 39.5 Å². The first-order valence-electron chi connectivity index (χ1n) is 36.7. The molecule has 0 aliphatic heterocycles. The highest BCUT2D eigenvalue weighted by Crippen LogP contribution is 2.45. The van der Waals surface area contributed by atoms with Crippen molar-refractivity contribution < 1.29 is 80.2 Å². The van der Waals surface area contributed by atoms with Gasteiger partial charge in [-0.2, -0.15) is 0 Å². The van der Waals surface area contributed by atoms with Crippen LogP contribution in [0.25, 0.3) is 0 Å². The van der Waals surface area contributed by atoms with Crippen LogP contribution in [0.1, 0.15) is 362 Å². The lowest BCUT2D eigenvalue weighted by molar-refractivity contribution is -0.161. The summed E-state index contributed by atoms with van der Waals surface area (Å²) in [5, 5.41) is 10.5. The minimum Gasteiger partial charge on any atom is -0.462 e. The molecule has 0 heterocycles. The number of rotatable bonds is 70. The molecule has 3 N–H and O–H groups in total. The highest BCUT2D eigenvalue weighted by Gasteiger charge is 2.30. The third-order valence-corrected chi connectivity index (χ3v) is 18.5. The van der Waals surface area contributed by atoms with E-state index in [-0.39, 0.29) is 25.7 Å². The maximum Gasteiger partial charge on any atom is 0.472 e. The number of unbranched alkanes of at least 4 members (excludes halogenated alkanes) is 41. The summed E-state index contributed by atoms with van der Waals surface area (Å²) in [5.41, 5.74) is 0. The van der Waals surface area contributed by atoms with Crippen molar-refractivity contribution in [3.63, 3.8) is 0 Å². The fourth-order valence-electron chi connectivity index (χ4n) is 10.6. The first kappa shape index (κ1) is 87.1. The molecule has 528 valence electrons. The lowest BCUT2D eigenvalue weighted by Crippen LogP contribution is -2.30. The Hall–Kier alpha value is -1.94. The van der Waals surface area contributed by atoms with Gasteiger partial charge in [-0.25, -0.2) is 9.13 Å². The van der Waals surface area contributed by atoms with Crippen molar-refractivity contribution in [3.05, 3.63) is 0 Å². The first-order chi connectivity index (χ1) is 43.1. The predicted octanol–water partition coefficient (Wildman–Crippen LogP) is 20.1. The number of phosphoric ester groups is 2. The second-order valence-corrected chi connectivity index (χ2v) is 28.4. The first-order valence-corrected chi connectivity index (χ1v) is 39.7. The molecule has 0 aromatic carbocycles. The number of hydrogen-bond donors (Lipinski definition) is 3. The van der Waals surface area contributed by atoms with Crippen molar-refractivity contribution in [2.24, 2.45) is 5.92 Å². The molecule has 0 amide bonds. The van der Waals surface area contributed by atoms with Crippen molar-refractivity contribution in [1.29, 1.82) is 0 Å².